The Kier molecular flexibility index (Phi) is 7.45. The van der Waals surface area contributed by atoms with Crippen LogP contribution in [-0.2, 0) is 24.8 Å². The van der Waals surface area contributed by atoms with Gasteiger partial charge in [-0.25, -0.2) is 21.6 Å². The topological polar surface area (TPSA) is 104 Å². The van der Waals surface area contributed by atoms with Gasteiger partial charge in [-0.2, -0.15) is 4.31 Å². The van der Waals surface area contributed by atoms with Crippen LogP contribution in [0.15, 0.2) is 23.1 Å². The number of amides is 1. The standard InChI is InChI=1S/C21H33N3O5S2/c1-16-6-7-20(13-17(16)2)31(28,29)24-11-8-19(9-12-24)21(25)23-10-4-5-18(15-23)14-22-30(3,26)27/h6-7,13,18-19,22H,4-5,8-12,14-15H2,1-3H3. The molecule has 1 aromatic carbocycles. The van der Waals surface area contributed by atoms with Crippen LogP contribution in [0.2, 0.25) is 0 Å². The average molecular weight is 472 g/mol. The Morgan fingerprint density at radius 2 is 1.71 bits per heavy atom. The number of carbonyl (C=O) groups is 1. The fraction of sp³-hybridized carbons (Fsp3) is 0.667. The minimum atomic E-state index is -3.56. The molecular weight excluding hydrogens is 438 g/mol. The van der Waals surface area contributed by atoms with E-state index < -0.39 is 20.0 Å². The van der Waals surface area contributed by atoms with Crippen LogP contribution in [0, 0.1) is 25.7 Å². The van der Waals surface area contributed by atoms with E-state index >= 15 is 0 Å². The van der Waals surface area contributed by atoms with E-state index in [1.807, 2.05) is 24.8 Å². The maximum absolute atomic E-state index is 13.0. The van der Waals surface area contributed by atoms with Crippen molar-refractivity contribution >= 4 is 26.0 Å². The van der Waals surface area contributed by atoms with Crippen LogP contribution < -0.4 is 4.72 Å². The van der Waals surface area contributed by atoms with Crippen molar-refractivity contribution in [1.82, 2.24) is 13.9 Å². The molecule has 10 heteroatoms. The molecule has 1 N–H and O–H groups in total. The van der Waals surface area contributed by atoms with Crippen molar-refractivity contribution in [2.45, 2.75) is 44.4 Å². The number of rotatable bonds is 6. The summed E-state index contributed by atoms with van der Waals surface area (Å²) in [6.07, 6.45) is 3.89. The van der Waals surface area contributed by atoms with Gasteiger partial charge in [0.15, 0.2) is 0 Å². The summed E-state index contributed by atoms with van der Waals surface area (Å²) in [5.74, 6) is -0.0160. The molecule has 0 aromatic heterocycles. The van der Waals surface area contributed by atoms with E-state index in [4.69, 9.17) is 0 Å². The molecule has 174 valence electrons. The zero-order chi connectivity index (χ0) is 22.8. The zero-order valence-electron chi connectivity index (χ0n) is 18.5. The Morgan fingerprint density at radius 1 is 1.03 bits per heavy atom. The van der Waals surface area contributed by atoms with Gasteiger partial charge in [0.05, 0.1) is 11.2 Å². The van der Waals surface area contributed by atoms with Gasteiger partial charge in [0.2, 0.25) is 26.0 Å². The molecule has 1 atom stereocenters. The van der Waals surface area contributed by atoms with Crippen molar-refractivity contribution in [3.05, 3.63) is 29.3 Å². The van der Waals surface area contributed by atoms with Gasteiger partial charge in [0, 0.05) is 38.6 Å². The third kappa shape index (κ3) is 6.06. The fourth-order valence-electron chi connectivity index (χ4n) is 4.33. The van der Waals surface area contributed by atoms with Crippen LogP contribution >= 0.6 is 0 Å². The Morgan fingerprint density at radius 3 is 2.32 bits per heavy atom. The first-order chi connectivity index (χ1) is 14.5. The number of benzene rings is 1. The minimum absolute atomic E-state index is 0.0623. The monoisotopic (exact) mass is 471 g/mol. The lowest BCUT2D eigenvalue weighted by Crippen LogP contribution is -2.48. The van der Waals surface area contributed by atoms with Crippen molar-refractivity contribution in [2.24, 2.45) is 11.8 Å². The first kappa shape index (κ1) is 24.2. The lowest BCUT2D eigenvalue weighted by atomic mass is 9.93. The SMILES string of the molecule is Cc1ccc(S(=O)(=O)N2CCC(C(=O)N3CCCC(CNS(C)(=O)=O)C3)CC2)cc1C. The van der Waals surface area contributed by atoms with Crippen LogP contribution in [0.5, 0.6) is 0 Å². The molecule has 2 heterocycles. The predicted molar refractivity (Wildman–Crippen MR) is 120 cm³/mol. The van der Waals surface area contributed by atoms with Gasteiger partial charge in [-0.3, -0.25) is 4.79 Å². The van der Waals surface area contributed by atoms with Crippen molar-refractivity contribution < 1.29 is 21.6 Å². The molecule has 1 aromatic rings. The maximum Gasteiger partial charge on any atom is 0.243 e. The smallest absolute Gasteiger partial charge is 0.243 e. The maximum atomic E-state index is 13.0. The normalized spacial score (nSPS) is 21.9. The lowest BCUT2D eigenvalue weighted by Gasteiger charge is -2.37. The third-order valence-electron chi connectivity index (χ3n) is 6.38. The molecule has 0 saturated carbocycles. The summed E-state index contributed by atoms with van der Waals surface area (Å²) >= 11 is 0. The largest absolute Gasteiger partial charge is 0.342 e. The highest BCUT2D eigenvalue weighted by atomic mass is 32.2. The highest BCUT2D eigenvalue weighted by molar-refractivity contribution is 7.89. The van der Waals surface area contributed by atoms with Gasteiger partial charge in [-0.05, 0) is 68.7 Å². The molecule has 2 aliphatic heterocycles. The summed E-state index contributed by atoms with van der Waals surface area (Å²) < 4.78 is 52.7. The molecule has 3 rings (SSSR count). The molecule has 1 unspecified atom stereocenters. The van der Waals surface area contributed by atoms with E-state index in [1.165, 1.54) is 4.31 Å². The molecule has 0 radical (unpaired) electrons. The molecule has 2 aliphatic rings. The third-order valence-corrected chi connectivity index (χ3v) is 8.97. The lowest BCUT2D eigenvalue weighted by molar-refractivity contribution is -0.138. The number of nitrogens with zero attached hydrogens (tertiary/aromatic N) is 2. The molecule has 1 amide bonds. The Bertz CT molecular complexity index is 1020. The second-order valence-electron chi connectivity index (χ2n) is 8.84. The van der Waals surface area contributed by atoms with Crippen molar-refractivity contribution in [3.63, 3.8) is 0 Å². The van der Waals surface area contributed by atoms with Crippen LogP contribution in [0.1, 0.15) is 36.8 Å². The van der Waals surface area contributed by atoms with E-state index in [0.717, 1.165) is 30.2 Å². The fourth-order valence-corrected chi connectivity index (χ4v) is 6.42. The van der Waals surface area contributed by atoms with Gasteiger partial charge in [0.25, 0.3) is 0 Å². The van der Waals surface area contributed by atoms with Gasteiger partial charge < -0.3 is 4.90 Å². The number of hydrogen-bond donors (Lipinski definition) is 1. The van der Waals surface area contributed by atoms with Crippen LogP contribution in [0.4, 0.5) is 0 Å². The van der Waals surface area contributed by atoms with Gasteiger partial charge in [-0.15, -0.1) is 0 Å². The average Bonchev–Trinajstić information content (AvgIpc) is 2.73. The molecular formula is C21H33N3O5S2. The van der Waals surface area contributed by atoms with Crippen LogP contribution in [0.3, 0.4) is 0 Å². The van der Waals surface area contributed by atoms with Gasteiger partial charge in [-0.1, -0.05) is 6.07 Å². The summed E-state index contributed by atoms with van der Waals surface area (Å²) in [6, 6.07) is 5.18. The van der Waals surface area contributed by atoms with E-state index in [0.29, 0.717) is 50.5 Å². The first-order valence-electron chi connectivity index (χ1n) is 10.8. The number of aryl methyl sites for hydroxylation is 2. The summed E-state index contributed by atoms with van der Waals surface area (Å²) in [5.41, 5.74) is 1.99. The quantitative estimate of drug-likeness (QED) is 0.677. The summed E-state index contributed by atoms with van der Waals surface area (Å²) in [4.78, 5) is 15.2. The van der Waals surface area contributed by atoms with Crippen molar-refractivity contribution in [1.29, 1.82) is 0 Å². The number of hydrogen-bond acceptors (Lipinski definition) is 5. The highest BCUT2D eigenvalue weighted by Crippen LogP contribution is 2.27. The number of nitrogens with one attached hydrogen (secondary N) is 1. The Labute approximate surface area is 186 Å². The Balaban J connectivity index is 1.57. The van der Waals surface area contributed by atoms with Crippen LogP contribution in [0.25, 0.3) is 0 Å². The number of sulfonamides is 2. The van der Waals surface area contributed by atoms with E-state index in [1.54, 1.807) is 12.1 Å². The molecule has 31 heavy (non-hydrogen) atoms. The molecule has 8 nitrogen and oxygen atoms in total. The van der Waals surface area contributed by atoms with Gasteiger partial charge >= 0.3 is 0 Å². The first-order valence-corrected chi connectivity index (χ1v) is 14.1. The highest BCUT2D eigenvalue weighted by Gasteiger charge is 2.35. The number of likely N-dealkylation sites (tertiary alicyclic amines) is 1. The molecule has 0 bridgehead atoms. The van der Waals surface area contributed by atoms with Gasteiger partial charge in [0.1, 0.15) is 0 Å². The Hall–Kier alpha value is -1.49. The van der Waals surface area contributed by atoms with Crippen LogP contribution in [-0.4, -0.2) is 70.9 Å². The summed E-state index contributed by atoms with van der Waals surface area (Å²) in [6.45, 7) is 6.08. The predicted octanol–water partition coefficient (Wildman–Crippen LogP) is 1.49. The number of piperidine rings is 2. The summed E-state index contributed by atoms with van der Waals surface area (Å²) in [7, 11) is -6.81. The second-order valence-corrected chi connectivity index (χ2v) is 12.6. The zero-order valence-corrected chi connectivity index (χ0v) is 20.1. The van der Waals surface area contributed by atoms with Crippen molar-refractivity contribution in [3.8, 4) is 0 Å². The molecule has 0 spiro atoms. The van der Waals surface area contributed by atoms with E-state index in [9.17, 15) is 21.6 Å². The second kappa shape index (κ2) is 9.56. The van der Waals surface area contributed by atoms with E-state index in [2.05, 4.69) is 4.72 Å². The number of carbonyl (C=O) groups excluding carboxylic acids is 1. The molecule has 2 fully saturated rings. The molecule has 0 aliphatic carbocycles. The minimum Gasteiger partial charge on any atom is -0.342 e. The molecule has 2 saturated heterocycles. The van der Waals surface area contributed by atoms with Crippen molar-refractivity contribution in [2.75, 3.05) is 39.0 Å². The van der Waals surface area contributed by atoms with E-state index in [-0.39, 0.29) is 17.7 Å². The summed E-state index contributed by atoms with van der Waals surface area (Å²) in [5, 5.41) is 0.